The van der Waals surface area contributed by atoms with Crippen LogP contribution in [0.5, 0.6) is 11.5 Å². The van der Waals surface area contributed by atoms with Gasteiger partial charge in [0.25, 0.3) is 0 Å². The van der Waals surface area contributed by atoms with Gasteiger partial charge in [-0.3, -0.25) is 0 Å². The predicted molar refractivity (Wildman–Crippen MR) is 91.5 cm³/mol. The van der Waals surface area contributed by atoms with E-state index in [0.29, 0.717) is 0 Å². The lowest BCUT2D eigenvalue weighted by atomic mass is 9.82. The highest BCUT2D eigenvalue weighted by molar-refractivity contribution is 5.34. The Kier molecular flexibility index (Phi) is 4.50. The van der Waals surface area contributed by atoms with Crippen molar-refractivity contribution in [2.75, 3.05) is 0 Å². The maximum atomic E-state index is 9.40. The molecular weight excluding hydrogens is 272 g/mol. The van der Waals surface area contributed by atoms with Gasteiger partial charge in [-0.25, -0.2) is 0 Å². The molecule has 0 fully saturated rings. The molecule has 0 bridgehead atoms. The first-order chi connectivity index (χ1) is 10.2. The van der Waals surface area contributed by atoms with Gasteiger partial charge < -0.3 is 9.84 Å². The summed E-state index contributed by atoms with van der Waals surface area (Å²) >= 11 is 0. The molecule has 0 saturated heterocycles. The molecule has 0 atom stereocenters. The van der Waals surface area contributed by atoms with Crippen molar-refractivity contribution in [1.82, 2.24) is 0 Å². The number of benzene rings is 2. The molecule has 2 rings (SSSR count). The van der Waals surface area contributed by atoms with Gasteiger partial charge in [-0.2, -0.15) is 0 Å². The Morgan fingerprint density at radius 3 is 1.82 bits per heavy atom. The summed E-state index contributed by atoms with van der Waals surface area (Å²) in [7, 11) is 0. The number of phenols is 1. The standard InChI is InChI=1S/C20H26O2/c1-6-19(2,3)15-9-13-18(14-10-15)22-20(4,5)16-7-11-17(21)12-8-16/h7-14,21H,6H2,1-5H3. The van der Waals surface area contributed by atoms with Crippen molar-refractivity contribution in [1.29, 1.82) is 0 Å². The van der Waals surface area contributed by atoms with Crippen LogP contribution in [0.2, 0.25) is 0 Å². The SMILES string of the molecule is CCC(C)(C)c1ccc(OC(C)(C)c2ccc(O)cc2)cc1. The summed E-state index contributed by atoms with van der Waals surface area (Å²) in [6, 6.07) is 15.5. The highest BCUT2D eigenvalue weighted by atomic mass is 16.5. The number of hydrogen-bond donors (Lipinski definition) is 1. The molecule has 2 heteroatoms. The third-order valence-corrected chi connectivity index (χ3v) is 4.46. The van der Waals surface area contributed by atoms with Gasteiger partial charge in [0, 0.05) is 0 Å². The molecule has 22 heavy (non-hydrogen) atoms. The predicted octanol–water partition coefficient (Wildman–Crippen LogP) is 5.39. The molecule has 2 nitrogen and oxygen atoms in total. The summed E-state index contributed by atoms with van der Waals surface area (Å²) in [5.74, 6) is 1.12. The summed E-state index contributed by atoms with van der Waals surface area (Å²) in [5, 5.41) is 9.40. The van der Waals surface area contributed by atoms with Crippen LogP contribution >= 0.6 is 0 Å². The molecule has 0 aliphatic heterocycles. The summed E-state index contributed by atoms with van der Waals surface area (Å²) in [5.41, 5.74) is 2.09. The second-order valence-corrected chi connectivity index (χ2v) is 6.92. The maximum absolute atomic E-state index is 9.40. The number of ether oxygens (including phenoxy) is 1. The molecule has 0 unspecified atom stereocenters. The van der Waals surface area contributed by atoms with Crippen LogP contribution in [0.1, 0.15) is 52.2 Å². The van der Waals surface area contributed by atoms with Crippen molar-refractivity contribution in [3.05, 3.63) is 59.7 Å². The quantitative estimate of drug-likeness (QED) is 0.801. The number of aromatic hydroxyl groups is 1. The van der Waals surface area contributed by atoms with Gasteiger partial charge >= 0.3 is 0 Å². The fourth-order valence-corrected chi connectivity index (χ4v) is 2.39. The van der Waals surface area contributed by atoms with Crippen molar-refractivity contribution >= 4 is 0 Å². The normalized spacial score (nSPS) is 12.2. The highest BCUT2D eigenvalue weighted by Gasteiger charge is 2.23. The van der Waals surface area contributed by atoms with Crippen molar-refractivity contribution in [2.45, 2.75) is 52.1 Å². The van der Waals surface area contributed by atoms with E-state index in [2.05, 4.69) is 32.9 Å². The first-order valence-corrected chi connectivity index (χ1v) is 7.84. The van der Waals surface area contributed by atoms with Crippen molar-refractivity contribution in [2.24, 2.45) is 0 Å². The Bertz CT molecular complexity index is 607. The maximum Gasteiger partial charge on any atom is 0.128 e. The molecule has 0 heterocycles. The second-order valence-electron chi connectivity index (χ2n) is 6.92. The first-order valence-electron chi connectivity index (χ1n) is 7.84. The average molecular weight is 298 g/mol. The van der Waals surface area contributed by atoms with Gasteiger partial charge in [0.1, 0.15) is 17.1 Å². The largest absolute Gasteiger partial charge is 0.508 e. The van der Waals surface area contributed by atoms with Crippen LogP contribution in [0.25, 0.3) is 0 Å². The topological polar surface area (TPSA) is 29.5 Å². The van der Waals surface area contributed by atoms with Crippen LogP contribution in [0, 0.1) is 0 Å². The van der Waals surface area contributed by atoms with Crippen LogP contribution in [0.15, 0.2) is 48.5 Å². The number of rotatable bonds is 5. The Morgan fingerprint density at radius 1 is 0.818 bits per heavy atom. The molecule has 0 aliphatic carbocycles. The molecule has 0 saturated carbocycles. The summed E-state index contributed by atoms with van der Waals surface area (Å²) in [6.45, 7) is 10.8. The summed E-state index contributed by atoms with van der Waals surface area (Å²) in [6.07, 6.45) is 1.10. The van der Waals surface area contributed by atoms with E-state index in [0.717, 1.165) is 17.7 Å². The molecule has 1 N–H and O–H groups in total. The molecule has 118 valence electrons. The number of hydrogen-bond acceptors (Lipinski definition) is 2. The second kappa shape index (κ2) is 6.04. The minimum Gasteiger partial charge on any atom is -0.508 e. The van der Waals surface area contributed by atoms with E-state index in [4.69, 9.17) is 4.74 Å². The van der Waals surface area contributed by atoms with E-state index in [9.17, 15) is 5.11 Å². The first kappa shape index (κ1) is 16.4. The summed E-state index contributed by atoms with van der Waals surface area (Å²) in [4.78, 5) is 0. The van der Waals surface area contributed by atoms with Gasteiger partial charge in [-0.15, -0.1) is 0 Å². The van der Waals surface area contributed by atoms with Gasteiger partial charge in [0.2, 0.25) is 0 Å². The van der Waals surface area contributed by atoms with Gasteiger partial charge in [-0.1, -0.05) is 45.0 Å². The van der Waals surface area contributed by atoms with Gasteiger partial charge in [0.05, 0.1) is 0 Å². The summed E-state index contributed by atoms with van der Waals surface area (Å²) < 4.78 is 6.15. The van der Waals surface area contributed by atoms with Crippen LogP contribution in [0.4, 0.5) is 0 Å². The monoisotopic (exact) mass is 298 g/mol. The smallest absolute Gasteiger partial charge is 0.128 e. The lowest BCUT2D eigenvalue weighted by molar-refractivity contribution is 0.109. The van der Waals surface area contributed by atoms with E-state index in [1.54, 1.807) is 12.1 Å². The molecule has 2 aromatic carbocycles. The molecule has 0 aromatic heterocycles. The Hall–Kier alpha value is -1.96. The molecule has 0 spiro atoms. The lowest BCUT2D eigenvalue weighted by Crippen LogP contribution is -2.25. The molecule has 2 aromatic rings. The fraction of sp³-hybridized carbons (Fsp3) is 0.400. The Labute approximate surface area is 133 Å². The third kappa shape index (κ3) is 3.62. The average Bonchev–Trinajstić information content (AvgIpc) is 2.48. The molecule has 0 amide bonds. The third-order valence-electron chi connectivity index (χ3n) is 4.46. The zero-order chi connectivity index (χ0) is 16.4. The van der Waals surface area contributed by atoms with Gasteiger partial charge in [0.15, 0.2) is 0 Å². The Balaban J connectivity index is 2.17. The van der Waals surface area contributed by atoms with Crippen molar-refractivity contribution in [3.63, 3.8) is 0 Å². The number of phenolic OH excluding ortho intramolecular Hbond substituents is 1. The zero-order valence-corrected chi connectivity index (χ0v) is 14.2. The van der Waals surface area contributed by atoms with E-state index >= 15 is 0 Å². The molecule has 0 radical (unpaired) electrons. The van der Waals surface area contributed by atoms with E-state index < -0.39 is 5.60 Å². The zero-order valence-electron chi connectivity index (χ0n) is 14.2. The van der Waals surface area contributed by atoms with E-state index in [-0.39, 0.29) is 11.2 Å². The van der Waals surface area contributed by atoms with Crippen LogP contribution in [-0.4, -0.2) is 5.11 Å². The van der Waals surface area contributed by atoms with Crippen LogP contribution in [0.3, 0.4) is 0 Å². The fourth-order valence-electron chi connectivity index (χ4n) is 2.39. The van der Waals surface area contributed by atoms with E-state index in [1.165, 1.54) is 5.56 Å². The molecular formula is C20H26O2. The van der Waals surface area contributed by atoms with Crippen LogP contribution in [-0.2, 0) is 11.0 Å². The minimum absolute atomic E-state index is 0.186. The molecule has 0 aliphatic rings. The van der Waals surface area contributed by atoms with Crippen LogP contribution < -0.4 is 4.74 Å². The van der Waals surface area contributed by atoms with Crippen molar-refractivity contribution in [3.8, 4) is 11.5 Å². The lowest BCUT2D eigenvalue weighted by Gasteiger charge is -2.28. The van der Waals surface area contributed by atoms with Crippen molar-refractivity contribution < 1.29 is 9.84 Å². The Morgan fingerprint density at radius 2 is 1.32 bits per heavy atom. The van der Waals surface area contributed by atoms with Gasteiger partial charge in [-0.05, 0) is 61.1 Å². The minimum atomic E-state index is -0.449. The van der Waals surface area contributed by atoms with E-state index in [1.807, 2.05) is 38.1 Å². The highest BCUT2D eigenvalue weighted by Crippen LogP contribution is 2.31.